The van der Waals surface area contributed by atoms with E-state index in [9.17, 15) is 0 Å². The van der Waals surface area contributed by atoms with Crippen LogP contribution in [0.4, 0.5) is 0 Å². The van der Waals surface area contributed by atoms with Gasteiger partial charge in [-0.1, -0.05) is 20.8 Å². The third-order valence-corrected chi connectivity index (χ3v) is 1.83. The van der Waals surface area contributed by atoms with Gasteiger partial charge in [-0.05, 0) is 31.0 Å². The van der Waals surface area contributed by atoms with Crippen molar-refractivity contribution in [1.82, 2.24) is 10.6 Å². The van der Waals surface area contributed by atoms with Gasteiger partial charge < -0.3 is 10.6 Å². The van der Waals surface area contributed by atoms with Gasteiger partial charge in [0.15, 0.2) is 5.11 Å². The van der Waals surface area contributed by atoms with Gasteiger partial charge in [0.25, 0.3) is 0 Å². The second kappa shape index (κ2) is 7.35. The van der Waals surface area contributed by atoms with Crippen LogP contribution in [0.1, 0.15) is 33.6 Å². The summed E-state index contributed by atoms with van der Waals surface area (Å²) in [7, 11) is 0. The lowest BCUT2D eigenvalue weighted by Crippen LogP contribution is -2.36. The van der Waals surface area contributed by atoms with E-state index in [1.165, 1.54) is 6.42 Å². The quantitative estimate of drug-likeness (QED) is 0.644. The fourth-order valence-electron chi connectivity index (χ4n) is 0.775. The number of hydrogen-bond acceptors (Lipinski definition) is 1. The van der Waals surface area contributed by atoms with Gasteiger partial charge in [-0.25, -0.2) is 0 Å². The predicted octanol–water partition coefficient (Wildman–Crippen LogP) is 1.91. The minimum atomic E-state index is 0.742. The Morgan fingerprint density at radius 2 is 1.83 bits per heavy atom. The van der Waals surface area contributed by atoms with Crippen LogP contribution in [0.15, 0.2) is 0 Å². The minimum Gasteiger partial charge on any atom is -0.363 e. The van der Waals surface area contributed by atoms with Gasteiger partial charge >= 0.3 is 0 Å². The molecule has 0 fully saturated rings. The highest BCUT2D eigenvalue weighted by Gasteiger charge is 1.95. The van der Waals surface area contributed by atoms with E-state index < -0.39 is 0 Å². The standard InChI is InChI=1S/C9H20N2S/c1-4-6-10-9(12)11-7-5-8(2)3/h8H,4-7H2,1-3H3,(H2,10,11,12). The first-order chi connectivity index (χ1) is 5.66. The van der Waals surface area contributed by atoms with Crippen molar-refractivity contribution in [3.63, 3.8) is 0 Å². The summed E-state index contributed by atoms with van der Waals surface area (Å²) < 4.78 is 0. The normalized spacial score (nSPS) is 10.0. The highest BCUT2D eigenvalue weighted by molar-refractivity contribution is 7.80. The fourth-order valence-corrected chi connectivity index (χ4v) is 0.980. The second-order valence-corrected chi connectivity index (χ2v) is 3.77. The van der Waals surface area contributed by atoms with E-state index in [-0.39, 0.29) is 0 Å². The molecule has 0 saturated heterocycles. The molecule has 0 aliphatic rings. The molecule has 2 N–H and O–H groups in total. The highest BCUT2D eigenvalue weighted by atomic mass is 32.1. The Hall–Kier alpha value is -0.310. The van der Waals surface area contributed by atoms with Crippen LogP contribution in [0.2, 0.25) is 0 Å². The van der Waals surface area contributed by atoms with Gasteiger partial charge in [0.05, 0.1) is 0 Å². The zero-order chi connectivity index (χ0) is 9.40. The van der Waals surface area contributed by atoms with Crippen LogP contribution in [0, 0.1) is 5.92 Å². The first kappa shape index (κ1) is 11.7. The van der Waals surface area contributed by atoms with Gasteiger partial charge in [0.2, 0.25) is 0 Å². The summed E-state index contributed by atoms with van der Waals surface area (Å²) in [6.45, 7) is 8.50. The molecule has 0 aromatic carbocycles. The molecule has 0 aliphatic heterocycles. The predicted molar refractivity (Wildman–Crippen MR) is 58.3 cm³/mol. The lowest BCUT2D eigenvalue weighted by atomic mass is 10.1. The van der Waals surface area contributed by atoms with E-state index in [1.54, 1.807) is 0 Å². The smallest absolute Gasteiger partial charge is 0.166 e. The molecular formula is C9H20N2S. The largest absolute Gasteiger partial charge is 0.363 e. The minimum absolute atomic E-state index is 0.742. The SMILES string of the molecule is CCCNC(=S)NCCC(C)C. The average Bonchev–Trinajstić information content (AvgIpc) is 2.00. The van der Waals surface area contributed by atoms with Crippen LogP contribution in [-0.4, -0.2) is 18.2 Å². The first-order valence-corrected chi connectivity index (χ1v) is 5.09. The Morgan fingerprint density at radius 1 is 1.25 bits per heavy atom. The zero-order valence-corrected chi connectivity index (χ0v) is 9.13. The molecule has 0 heterocycles. The monoisotopic (exact) mass is 188 g/mol. The maximum absolute atomic E-state index is 5.05. The van der Waals surface area contributed by atoms with Crippen molar-refractivity contribution in [2.24, 2.45) is 5.92 Å². The Bertz CT molecular complexity index is 124. The van der Waals surface area contributed by atoms with Crippen molar-refractivity contribution in [3.8, 4) is 0 Å². The summed E-state index contributed by atoms with van der Waals surface area (Å²) in [4.78, 5) is 0. The van der Waals surface area contributed by atoms with Gasteiger partial charge in [0.1, 0.15) is 0 Å². The van der Waals surface area contributed by atoms with Crippen LogP contribution in [0.3, 0.4) is 0 Å². The third kappa shape index (κ3) is 7.79. The summed E-state index contributed by atoms with van der Waals surface area (Å²) in [5.74, 6) is 0.742. The van der Waals surface area contributed by atoms with Crippen LogP contribution < -0.4 is 10.6 Å². The van der Waals surface area contributed by atoms with E-state index in [4.69, 9.17) is 12.2 Å². The van der Waals surface area contributed by atoms with E-state index in [0.29, 0.717) is 0 Å². The Kier molecular flexibility index (Phi) is 7.16. The molecule has 72 valence electrons. The van der Waals surface area contributed by atoms with E-state index in [2.05, 4.69) is 31.4 Å². The van der Waals surface area contributed by atoms with Crippen molar-refractivity contribution in [2.75, 3.05) is 13.1 Å². The summed E-state index contributed by atoms with van der Waals surface area (Å²) in [6.07, 6.45) is 2.29. The second-order valence-electron chi connectivity index (χ2n) is 3.37. The molecule has 0 rings (SSSR count). The maximum Gasteiger partial charge on any atom is 0.166 e. The maximum atomic E-state index is 5.05. The molecule has 0 bridgehead atoms. The summed E-state index contributed by atoms with van der Waals surface area (Å²) in [5.41, 5.74) is 0. The van der Waals surface area contributed by atoms with Crippen molar-refractivity contribution >= 4 is 17.3 Å². The molecule has 0 saturated carbocycles. The van der Waals surface area contributed by atoms with Crippen molar-refractivity contribution in [2.45, 2.75) is 33.6 Å². The Labute approximate surface area is 81.1 Å². The van der Waals surface area contributed by atoms with Gasteiger partial charge in [-0.2, -0.15) is 0 Å². The fraction of sp³-hybridized carbons (Fsp3) is 0.889. The number of thiocarbonyl (C=S) groups is 1. The Balaban J connectivity index is 3.20. The van der Waals surface area contributed by atoms with Crippen LogP contribution in [0.25, 0.3) is 0 Å². The lowest BCUT2D eigenvalue weighted by molar-refractivity contribution is 0.575. The Morgan fingerprint density at radius 3 is 2.33 bits per heavy atom. The van der Waals surface area contributed by atoms with Gasteiger partial charge in [-0.3, -0.25) is 0 Å². The molecular weight excluding hydrogens is 168 g/mol. The van der Waals surface area contributed by atoms with Crippen molar-refractivity contribution in [1.29, 1.82) is 0 Å². The average molecular weight is 188 g/mol. The molecule has 0 atom stereocenters. The molecule has 0 aromatic rings. The molecule has 0 radical (unpaired) electrons. The van der Waals surface area contributed by atoms with Crippen LogP contribution in [0.5, 0.6) is 0 Å². The van der Waals surface area contributed by atoms with E-state index >= 15 is 0 Å². The topological polar surface area (TPSA) is 24.1 Å². The molecule has 0 aliphatic carbocycles. The molecule has 0 amide bonds. The molecule has 2 nitrogen and oxygen atoms in total. The van der Waals surface area contributed by atoms with E-state index in [0.717, 1.165) is 30.5 Å². The molecule has 0 spiro atoms. The third-order valence-electron chi connectivity index (χ3n) is 1.54. The van der Waals surface area contributed by atoms with Gasteiger partial charge in [-0.15, -0.1) is 0 Å². The molecule has 0 unspecified atom stereocenters. The molecule has 12 heavy (non-hydrogen) atoms. The number of nitrogens with one attached hydrogen (secondary N) is 2. The first-order valence-electron chi connectivity index (χ1n) is 4.68. The summed E-state index contributed by atoms with van der Waals surface area (Å²) in [6, 6.07) is 0. The summed E-state index contributed by atoms with van der Waals surface area (Å²) >= 11 is 5.05. The number of rotatable bonds is 5. The highest BCUT2D eigenvalue weighted by Crippen LogP contribution is 1.95. The van der Waals surface area contributed by atoms with Crippen LogP contribution >= 0.6 is 12.2 Å². The zero-order valence-electron chi connectivity index (χ0n) is 8.31. The van der Waals surface area contributed by atoms with Crippen LogP contribution in [-0.2, 0) is 0 Å². The summed E-state index contributed by atoms with van der Waals surface area (Å²) in [5, 5.41) is 7.08. The lowest BCUT2D eigenvalue weighted by Gasteiger charge is -2.10. The van der Waals surface area contributed by atoms with Gasteiger partial charge in [0, 0.05) is 13.1 Å². The van der Waals surface area contributed by atoms with Crippen molar-refractivity contribution < 1.29 is 0 Å². The molecule has 0 aromatic heterocycles. The molecule has 3 heteroatoms. The van der Waals surface area contributed by atoms with Crippen molar-refractivity contribution in [3.05, 3.63) is 0 Å². The number of hydrogen-bond donors (Lipinski definition) is 2. The van der Waals surface area contributed by atoms with E-state index in [1.807, 2.05) is 0 Å².